The normalized spacial score (nSPS) is 11.1. The number of nitrogens with zero attached hydrogens (tertiary/aromatic N) is 1. The van der Waals surface area contributed by atoms with Gasteiger partial charge in [0.15, 0.2) is 5.13 Å². The molecule has 134 valence electrons. The molecule has 0 aliphatic heterocycles. The Balaban J connectivity index is 1.98. The molecule has 0 aliphatic rings. The van der Waals surface area contributed by atoms with Crippen LogP contribution in [0.25, 0.3) is 0 Å². The molecule has 0 radical (unpaired) electrons. The summed E-state index contributed by atoms with van der Waals surface area (Å²) in [7, 11) is 1.34. The highest BCUT2D eigenvalue weighted by Gasteiger charge is 2.15. The van der Waals surface area contributed by atoms with E-state index in [2.05, 4.69) is 41.1 Å². The molecule has 25 heavy (non-hydrogen) atoms. The van der Waals surface area contributed by atoms with Crippen LogP contribution in [0.3, 0.4) is 0 Å². The first-order valence-electron chi connectivity index (χ1n) is 7.90. The second-order valence-electron chi connectivity index (χ2n) is 6.69. The predicted octanol–water partition coefficient (Wildman–Crippen LogP) is 4.11. The molecule has 7 heteroatoms. The monoisotopic (exact) mass is 361 g/mol. The maximum absolute atomic E-state index is 12.1. The lowest BCUT2D eigenvalue weighted by Gasteiger charge is -2.19. The number of hydrogen-bond donors (Lipinski definition) is 2. The topological polar surface area (TPSA) is 80.3 Å². The molecule has 0 saturated carbocycles. The average molecular weight is 361 g/mol. The van der Waals surface area contributed by atoms with Crippen LogP contribution in [-0.4, -0.2) is 24.1 Å². The molecular weight excluding hydrogens is 338 g/mol. The number of hydrogen-bond acceptors (Lipinski definition) is 5. The molecule has 1 aromatic carbocycles. The molecule has 1 aromatic heterocycles. The Morgan fingerprint density at radius 2 is 1.80 bits per heavy atom. The molecule has 0 saturated heterocycles. The van der Waals surface area contributed by atoms with E-state index in [1.54, 1.807) is 6.92 Å². The zero-order valence-corrected chi connectivity index (χ0v) is 15.9. The van der Waals surface area contributed by atoms with Gasteiger partial charge in [-0.05, 0) is 30.0 Å². The summed E-state index contributed by atoms with van der Waals surface area (Å²) in [5.41, 5.74) is 2.67. The van der Waals surface area contributed by atoms with E-state index in [9.17, 15) is 9.59 Å². The number of ether oxygens (including phenoxy) is 1. The summed E-state index contributed by atoms with van der Waals surface area (Å²) in [6, 6.07) is 7.36. The largest absolute Gasteiger partial charge is 0.469 e. The first-order chi connectivity index (χ1) is 11.7. The molecule has 2 N–H and O–H groups in total. The lowest BCUT2D eigenvalue weighted by molar-refractivity contribution is -0.139. The highest BCUT2D eigenvalue weighted by molar-refractivity contribution is 7.16. The van der Waals surface area contributed by atoms with E-state index in [0.717, 1.165) is 4.88 Å². The highest BCUT2D eigenvalue weighted by atomic mass is 32.1. The summed E-state index contributed by atoms with van der Waals surface area (Å²) in [5, 5.41) is 5.91. The Morgan fingerprint density at radius 3 is 2.36 bits per heavy atom. The van der Waals surface area contributed by atoms with E-state index in [1.165, 1.54) is 24.0 Å². The van der Waals surface area contributed by atoms with Crippen molar-refractivity contribution in [1.82, 2.24) is 4.98 Å². The quantitative estimate of drug-likeness (QED) is 0.803. The van der Waals surface area contributed by atoms with Crippen molar-refractivity contribution in [2.45, 2.75) is 39.5 Å². The van der Waals surface area contributed by atoms with E-state index < -0.39 is 0 Å². The van der Waals surface area contributed by atoms with Crippen molar-refractivity contribution in [2.75, 3.05) is 17.7 Å². The molecule has 2 amide bonds. The van der Waals surface area contributed by atoms with Crippen LogP contribution in [0.15, 0.2) is 24.3 Å². The molecule has 0 spiro atoms. The Hall–Kier alpha value is -2.41. The van der Waals surface area contributed by atoms with E-state index in [0.29, 0.717) is 16.5 Å². The molecule has 0 aliphatic carbocycles. The maximum Gasteiger partial charge on any atom is 0.325 e. The lowest BCUT2D eigenvalue weighted by Crippen LogP contribution is -2.19. The average Bonchev–Trinajstić information content (AvgIpc) is 2.86. The maximum atomic E-state index is 12.1. The van der Waals surface area contributed by atoms with Crippen molar-refractivity contribution >= 4 is 34.2 Å². The number of nitrogens with one attached hydrogen (secondary N) is 2. The number of aryl methyl sites for hydroxylation is 1. The van der Waals surface area contributed by atoms with Crippen LogP contribution in [0.2, 0.25) is 0 Å². The van der Waals surface area contributed by atoms with Crippen molar-refractivity contribution < 1.29 is 14.3 Å². The van der Waals surface area contributed by atoms with Gasteiger partial charge >= 0.3 is 12.0 Å². The summed E-state index contributed by atoms with van der Waals surface area (Å²) >= 11 is 1.26. The van der Waals surface area contributed by atoms with E-state index in [-0.39, 0.29) is 23.8 Å². The van der Waals surface area contributed by atoms with Gasteiger partial charge in [0, 0.05) is 10.6 Å². The molecule has 1 heterocycles. The number of methoxy groups -OCH3 is 1. The highest BCUT2D eigenvalue weighted by Crippen LogP contribution is 2.25. The summed E-state index contributed by atoms with van der Waals surface area (Å²) in [4.78, 5) is 28.5. The number of aromatic nitrogens is 1. The third-order valence-electron chi connectivity index (χ3n) is 3.65. The van der Waals surface area contributed by atoms with Gasteiger partial charge in [-0.25, -0.2) is 9.78 Å². The zero-order chi connectivity index (χ0) is 18.6. The van der Waals surface area contributed by atoms with Crippen molar-refractivity contribution in [2.24, 2.45) is 0 Å². The fourth-order valence-corrected chi connectivity index (χ4v) is 3.10. The van der Waals surface area contributed by atoms with Crippen molar-refractivity contribution in [3.8, 4) is 0 Å². The van der Waals surface area contributed by atoms with Crippen LogP contribution >= 0.6 is 11.3 Å². The summed E-state index contributed by atoms with van der Waals surface area (Å²) < 4.78 is 4.65. The van der Waals surface area contributed by atoms with Gasteiger partial charge in [-0.1, -0.05) is 32.9 Å². The number of anilines is 2. The van der Waals surface area contributed by atoms with Gasteiger partial charge < -0.3 is 10.1 Å². The van der Waals surface area contributed by atoms with Crippen LogP contribution in [-0.2, 0) is 21.4 Å². The predicted molar refractivity (Wildman–Crippen MR) is 100 cm³/mol. The minimum atomic E-state index is -0.373. The molecule has 0 fully saturated rings. The molecule has 2 rings (SSSR count). The van der Waals surface area contributed by atoms with Gasteiger partial charge in [0.2, 0.25) is 0 Å². The number of benzene rings is 1. The van der Waals surface area contributed by atoms with E-state index >= 15 is 0 Å². The van der Waals surface area contributed by atoms with Gasteiger partial charge in [-0.3, -0.25) is 10.1 Å². The molecule has 0 unspecified atom stereocenters. The molecule has 0 atom stereocenters. The number of amides is 2. The van der Waals surface area contributed by atoms with E-state index in [1.807, 2.05) is 24.3 Å². The third kappa shape index (κ3) is 5.29. The van der Waals surface area contributed by atoms with Crippen LogP contribution in [0.1, 0.15) is 36.9 Å². The second-order valence-corrected chi connectivity index (χ2v) is 7.77. The van der Waals surface area contributed by atoms with Crippen LogP contribution in [0.4, 0.5) is 15.6 Å². The first kappa shape index (κ1) is 18.9. The Morgan fingerprint density at radius 1 is 1.16 bits per heavy atom. The molecule has 6 nitrogen and oxygen atoms in total. The van der Waals surface area contributed by atoms with Crippen LogP contribution in [0.5, 0.6) is 0 Å². The number of carbonyl (C=O) groups excluding carboxylic acids is 2. The van der Waals surface area contributed by atoms with Gasteiger partial charge in [-0.15, -0.1) is 11.3 Å². The fraction of sp³-hybridized carbons (Fsp3) is 0.389. The van der Waals surface area contributed by atoms with Gasteiger partial charge in [0.1, 0.15) is 0 Å². The lowest BCUT2D eigenvalue weighted by atomic mass is 9.87. The number of urea groups is 1. The Labute approximate surface area is 151 Å². The first-order valence-corrected chi connectivity index (χ1v) is 8.72. The van der Waals surface area contributed by atoms with Gasteiger partial charge in [-0.2, -0.15) is 0 Å². The van der Waals surface area contributed by atoms with Gasteiger partial charge in [0.05, 0.1) is 19.2 Å². The summed E-state index contributed by atoms with van der Waals surface area (Å²) in [6.07, 6.45) is 0.150. The minimum Gasteiger partial charge on any atom is -0.469 e. The fourth-order valence-electron chi connectivity index (χ4n) is 2.16. The standard InChI is InChI=1S/C18H23N3O3S/c1-11-14(10-15(22)24-5)25-17(19-11)21-16(23)20-13-8-6-12(7-9-13)18(2,3)4/h6-9H,10H2,1-5H3,(H2,19,20,21,23). The molecular formula is C18H23N3O3S. The second kappa shape index (κ2) is 7.65. The smallest absolute Gasteiger partial charge is 0.325 e. The Kier molecular flexibility index (Phi) is 5.79. The summed E-state index contributed by atoms with van der Waals surface area (Å²) in [5.74, 6) is -0.332. The minimum absolute atomic E-state index is 0.0647. The number of esters is 1. The van der Waals surface area contributed by atoms with Crippen LogP contribution < -0.4 is 10.6 Å². The van der Waals surface area contributed by atoms with Crippen LogP contribution in [0, 0.1) is 6.92 Å². The molecule has 2 aromatic rings. The number of carbonyl (C=O) groups is 2. The number of thiazole rings is 1. The van der Waals surface area contributed by atoms with Gasteiger partial charge in [0.25, 0.3) is 0 Å². The number of rotatable bonds is 4. The summed E-state index contributed by atoms with van der Waals surface area (Å²) in [6.45, 7) is 8.21. The SMILES string of the molecule is COC(=O)Cc1sc(NC(=O)Nc2ccc(C(C)(C)C)cc2)nc1C. The molecule has 0 bridgehead atoms. The Bertz CT molecular complexity index is 761. The van der Waals surface area contributed by atoms with Crippen molar-refractivity contribution in [3.05, 3.63) is 40.4 Å². The third-order valence-corrected chi connectivity index (χ3v) is 4.73. The van der Waals surface area contributed by atoms with Crippen molar-refractivity contribution in [3.63, 3.8) is 0 Å². The van der Waals surface area contributed by atoms with Crippen molar-refractivity contribution in [1.29, 1.82) is 0 Å². The zero-order valence-electron chi connectivity index (χ0n) is 15.1. The van der Waals surface area contributed by atoms with E-state index in [4.69, 9.17) is 0 Å².